The van der Waals surface area contributed by atoms with Crippen molar-refractivity contribution in [2.45, 2.75) is 20.4 Å². The minimum absolute atomic E-state index is 0.0683. The minimum Gasteiger partial charge on any atom is -0.344 e. The van der Waals surface area contributed by atoms with Crippen LogP contribution in [0.2, 0.25) is 0 Å². The van der Waals surface area contributed by atoms with Gasteiger partial charge in [0.05, 0.1) is 11.1 Å². The zero-order valence-corrected chi connectivity index (χ0v) is 11.3. The summed E-state index contributed by atoms with van der Waals surface area (Å²) in [6.07, 6.45) is 5.22. The van der Waals surface area contributed by atoms with Crippen LogP contribution in [0.15, 0.2) is 30.7 Å². The number of ketones is 1. The van der Waals surface area contributed by atoms with Gasteiger partial charge in [0.15, 0.2) is 10.9 Å². The molecule has 0 N–H and O–H groups in total. The van der Waals surface area contributed by atoms with Crippen LogP contribution in [0.3, 0.4) is 0 Å². The molecular formula is C13H15N3OS. The summed E-state index contributed by atoms with van der Waals surface area (Å²) in [6, 6.07) is 3.98. The maximum atomic E-state index is 11.3. The number of pyridine rings is 1. The second-order valence-corrected chi connectivity index (χ2v) is 4.94. The van der Waals surface area contributed by atoms with Crippen molar-refractivity contribution < 1.29 is 4.79 Å². The Hall–Kier alpha value is -1.75. The fourth-order valence-corrected chi connectivity index (χ4v) is 2.47. The molecule has 0 fully saturated rings. The molecule has 4 nitrogen and oxygen atoms in total. The van der Waals surface area contributed by atoms with Crippen molar-refractivity contribution in [1.29, 1.82) is 0 Å². The van der Waals surface area contributed by atoms with E-state index in [1.54, 1.807) is 25.5 Å². The Morgan fingerprint density at radius 1 is 1.39 bits per heavy atom. The number of thiazole rings is 1. The molecule has 0 aliphatic rings. The Balaban J connectivity index is 2.15. The number of hydrogen-bond donors (Lipinski definition) is 0. The lowest BCUT2D eigenvalue weighted by Gasteiger charge is -2.19. The topological polar surface area (TPSA) is 46.1 Å². The molecule has 2 aromatic heterocycles. The van der Waals surface area contributed by atoms with Crippen LogP contribution in [0.5, 0.6) is 0 Å². The molecule has 94 valence electrons. The molecule has 0 aliphatic heterocycles. The Kier molecular flexibility index (Phi) is 4.04. The van der Waals surface area contributed by atoms with Gasteiger partial charge in [0.1, 0.15) is 0 Å². The summed E-state index contributed by atoms with van der Waals surface area (Å²) >= 11 is 1.44. The Labute approximate surface area is 110 Å². The van der Waals surface area contributed by atoms with E-state index in [4.69, 9.17) is 0 Å². The van der Waals surface area contributed by atoms with Crippen LogP contribution >= 0.6 is 11.3 Å². The molecule has 0 unspecified atom stereocenters. The molecule has 0 atom stereocenters. The SMILES string of the molecule is CCN(Cc1ccncc1)c1ncc(C(C)=O)s1. The first-order valence-corrected chi connectivity index (χ1v) is 6.63. The predicted octanol–water partition coefficient (Wildman–Crippen LogP) is 2.77. The van der Waals surface area contributed by atoms with Crippen LogP contribution in [0.1, 0.15) is 29.1 Å². The van der Waals surface area contributed by atoms with E-state index in [1.165, 1.54) is 16.9 Å². The van der Waals surface area contributed by atoms with Gasteiger partial charge in [-0.15, -0.1) is 0 Å². The third-order valence-electron chi connectivity index (χ3n) is 2.62. The van der Waals surface area contributed by atoms with Gasteiger partial charge in [-0.1, -0.05) is 11.3 Å². The van der Waals surface area contributed by atoms with Gasteiger partial charge in [-0.2, -0.15) is 0 Å². The van der Waals surface area contributed by atoms with E-state index in [1.807, 2.05) is 12.1 Å². The van der Waals surface area contributed by atoms with Crippen molar-refractivity contribution >= 4 is 22.3 Å². The second-order valence-electron chi connectivity index (χ2n) is 3.93. The van der Waals surface area contributed by atoms with E-state index in [9.17, 15) is 4.79 Å². The molecule has 2 rings (SSSR count). The summed E-state index contributed by atoms with van der Waals surface area (Å²) in [5, 5.41) is 0.888. The Bertz CT molecular complexity index is 524. The third kappa shape index (κ3) is 2.92. The molecule has 0 radical (unpaired) electrons. The standard InChI is InChI=1S/C13H15N3OS/c1-3-16(9-11-4-6-14-7-5-11)13-15-8-12(18-13)10(2)17/h4-8H,3,9H2,1-2H3. The van der Waals surface area contributed by atoms with Crippen LogP contribution < -0.4 is 4.90 Å². The zero-order chi connectivity index (χ0) is 13.0. The summed E-state index contributed by atoms with van der Waals surface area (Å²) in [6.45, 7) is 5.28. The summed E-state index contributed by atoms with van der Waals surface area (Å²) in [4.78, 5) is 22.4. The quantitative estimate of drug-likeness (QED) is 0.776. The van der Waals surface area contributed by atoms with E-state index in [-0.39, 0.29) is 5.78 Å². The first-order chi connectivity index (χ1) is 8.70. The first-order valence-electron chi connectivity index (χ1n) is 5.81. The molecule has 0 spiro atoms. The minimum atomic E-state index is 0.0683. The summed E-state index contributed by atoms with van der Waals surface area (Å²) in [5.74, 6) is 0.0683. The smallest absolute Gasteiger partial charge is 0.186 e. The molecule has 5 heteroatoms. The normalized spacial score (nSPS) is 10.3. The van der Waals surface area contributed by atoms with Gasteiger partial charge in [-0.05, 0) is 24.6 Å². The van der Waals surface area contributed by atoms with Gasteiger partial charge in [0.25, 0.3) is 0 Å². The number of rotatable bonds is 5. The monoisotopic (exact) mass is 261 g/mol. The van der Waals surface area contributed by atoms with Crippen LogP contribution in [-0.4, -0.2) is 22.3 Å². The molecule has 2 aromatic rings. The van der Waals surface area contributed by atoms with E-state index in [2.05, 4.69) is 21.8 Å². The summed E-state index contributed by atoms with van der Waals surface area (Å²) < 4.78 is 0. The third-order valence-corrected chi connectivity index (χ3v) is 3.77. The lowest BCUT2D eigenvalue weighted by molar-refractivity contribution is 0.102. The number of nitrogens with zero attached hydrogens (tertiary/aromatic N) is 3. The fourth-order valence-electron chi connectivity index (χ4n) is 1.60. The molecule has 0 amide bonds. The van der Waals surface area contributed by atoms with Gasteiger partial charge < -0.3 is 4.90 Å². The summed E-state index contributed by atoms with van der Waals surface area (Å²) in [5.41, 5.74) is 1.19. The van der Waals surface area contributed by atoms with Crippen LogP contribution in [-0.2, 0) is 6.54 Å². The number of hydrogen-bond acceptors (Lipinski definition) is 5. The maximum absolute atomic E-state index is 11.3. The molecule has 0 aliphatic carbocycles. The molecule has 2 heterocycles. The van der Waals surface area contributed by atoms with Crippen molar-refractivity contribution in [2.24, 2.45) is 0 Å². The number of aromatic nitrogens is 2. The number of Topliss-reactive ketones (excluding diaryl/α,β-unsaturated/α-hetero) is 1. The number of carbonyl (C=O) groups excluding carboxylic acids is 1. The molecule has 0 saturated carbocycles. The van der Waals surface area contributed by atoms with Crippen molar-refractivity contribution in [3.63, 3.8) is 0 Å². The number of carbonyl (C=O) groups is 1. The average Bonchev–Trinajstić information content (AvgIpc) is 2.87. The highest BCUT2D eigenvalue weighted by Gasteiger charge is 2.12. The van der Waals surface area contributed by atoms with Crippen molar-refractivity contribution in [3.05, 3.63) is 41.2 Å². The van der Waals surface area contributed by atoms with Gasteiger partial charge in [-0.3, -0.25) is 9.78 Å². The van der Waals surface area contributed by atoms with Crippen molar-refractivity contribution in [1.82, 2.24) is 9.97 Å². The van der Waals surface area contributed by atoms with Crippen molar-refractivity contribution in [3.8, 4) is 0 Å². The lowest BCUT2D eigenvalue weighted by atomic mass is 10.2. The largest absolute Gasteiger partial charge is 0.344 e. The van der Waals surface area contributed by atoms with Gasteiger partial charge >= 0.3 is 0 Å². The highest BCUT2D eigenvalue weighted by atomic mass is 32.1. The predicted molar refractivity (Wildman–Crippen MR) is 73.1 cm³/mol. The van der Waals surface area contributed by atoms with E-state index in [0.717, 1.165) is 18.2 Å². The van der Waals surface area contributed by atoms with E-state index in [0.29, 0.717) is 4.88 Å². The lowest BCUT2D eigenvalue weighted by Crippen LogP contribution is -2.21. The Morgan fingerprint density at radius 3 is 2.67 bits per heavy atom. The average molecular weight is 261 g/mol. The molecule has 0 bridgehead atoms. The number of anilines is 1. The van der Waals surface area contributed by atoms with E-state index < -0.39 is 0 Å². The molecule has 0 saturated heterocycles. The van der Waals surface area contributed by atoms with Crippen molar-refractivity contribution in [2.75, 3.05) is 11.4 Å². The van der Waals surface area contributed by atoms with Crippen LogP contribution in [0.4, 0.5) is 5.13 Å². The highest BCUT2D eigenvalue weighted by molar-refractivity contribution is 7.17. The fraction of sp³-hybridized carbons (Fsp3) is 0.308. The first kappa shape index (κ1) is 12.7. The van der Waals surface area contributed by atoms with E-state index >= 15 is 0 Å². The Morgan fingerprint density at radius 2 is 2.11 bits per heavy atom. The van der Waals surface area contributed by atoms with Gasteiger partial charge in [0, 0.05) is 32.4 Å². The van der Waals surface area contributed by atoms with Gasteiger partial charge in [-0.25, -0.2) is 4.98 Å². The second kappa shape index (κ2) is 5.73. The van der Waals surface area contributed by atoms with Crippen LogP contribution in [0.25, 0.3) is 0 Å². The van der Waals surface area contributed by atoms with Crippen LogP contribution in [0, 0.1) is 0 Å². The molecular weight excluding hydrogens is 246 g/mol. The maximum Gasteiger partial charge on any atom is 0.186 e. The van der Waals surface area contributed by atoms with Gasteiger partial charge in [0.2, 0.25) is 0 Å². The highest BCUT2D eigenvalue weighted by Crippen LogP contribution is 2.24. The molecule has 18 heavy (non-hydrogen) atoms. The summed E-state index contributed by atoms with van der Waals surface area (Å²) in [7, 11) is 0. The zero-order valence-electron chi connectivity index (χ0n) is 10.5. The molecule has 0 aromatic carbocycles.